The molecule has 0 N–H and O–H groups in total. The molecule has 0 aromatic heterocycles. The van der Waals surface area contributed by atoms with E-state index in [4.69, 9.17) is 23.2 Å². The maximum atomic E-state index is 6.28. The predicted molar refractivity (Wildman–Crippen MR) is 73.8 cm³/mol. The third-order valence-electron chi connectivity index (χ3n) is 2.59. The molecule has 0 saturated heterocycles. The highest BCUT2D eigenvalue weighted by Gasteiger charge is 2.16. The Balaban J connectivity index is 3.16. The van der Waals surface area contributed by atoms with Crippen LogP contribution in [0, 0.1) is 0 Å². The van der Waals surface area contributed by atoms with Crippen LogP contribution >= 0.6 is 23.2 Å². The Morgan fingerprint density at radius 3 is 2.50 bits per heavy atom. The molecule has 0 bridgehead atoms. The van der Waals surface area contributed by atoms with Gasteiger partial charge in [-0.3, -0.25) is 0 Å². The fourth-order valence-electron chi connectivity index (χ4n) is 1.86. The van der Waals surface area contributed by atoms with Crippen LogP contribution in [0.4, 0.5) is 5.69 Å². The topological polar surface area (TPSA) is 3.24 Å². The molecule has 0 aliphatic rings. The maximum Gasteiger partial charge on any atom is 0.0642 e. The fraction of sp³-hybridized carbons (Fsp3) is 0.538. The highest BCUT2D eigenvalue weighted by molar-refractivity contribution is 6.33. The quantitative estimate of drug-likeness (QED) is 0.693. The van der Waals surface area contributed by atoms with Gasteiger partial charge in [0.15, 0.2) is 0 Å². The Bertz CT molecular complexity index is 337. The number of para-hydroxylation sites is 1. The second-order valence-electron chi connectivity index (χ2n) is 4.17. The van der Waals surface area contributed by atoms with Crippen molar-refractivity contribution >= 4 is 28.9 Å². The van der Waals surface area contributed by atoms with E-state index >= 15 is 0 Å². The van der Waals surface area contributed by atoms with Crippen molar-refractivity contribution in [2.45, 2.75) is 39.1 Å². The number of benzene rings is 1. The number of alkyl halides is 1. The van der Waals surface area contributed by atoms with Gasteiger partial charge < -0.3 is 4.90 Å². The summed E-state index contributed by atoms with van der Waals surface area (Å²) in [5, 5.41) is 0.792. The van der Waals surface area contributed by atoms with Crippen LogP contribution in [0.15, 0.2) is 18.2 Å². The molecule has 0 saturated carbocycles. The van der Waals surface area contributed by atoms with Gasteiger partial charge in [-0.1, -0.05) is 30.7 Å². The minimum Gasteiger partial charge on any atom is -0.368 e. The largest absolute Gasteiger partial charge is 0.368 e. The maximum absolute atomic E-state index is 6.28. The van der Waals surface area contributed by atoms with Crippen molar-refractivity contribution in [1.29, 1.82) is 0 Å². The first kappa shape index (κ1) is 13.7. The van der Waals surface area contributed by atoms with Crippen LogP contribution in [0.2, 0.25) is 5.02 Å². The molecule has 0 atom stereocenters. The van der Waals surface area contributed by atoms with Crippen LogP contribution < -0.4 is 4.90 Å². The molecular weight excluding hydrogens is 241 g/mol. The van der Waals surface area contributed by atoms with Gasteiger partial charge in [-0.15, -0.1) is 11.6 Å². The molecule has 1 nitrogen and oxygen atoms in total. The van der Waals surface area contributed by atoms with Crippen molar-refractivity contribution in [3.05, 3.63) is 28.8 Å². The molecule has 0 unspecified atom stereocenters. The Morgan fingerprint density at radius 1 is 1.31 bits per heavy atom. The minimum absolute atomic E-state index is 0.432. The van der Waals surface area contributed by atoms with Crippen molar-refractivity contribution in [2.24, 2.45) is 0 Å². The molecule has 1 rings (SSSR count). The lowest BCUT2D eigenvalue weighted by Crippen LogP contribution is -2.32. The zero-order valence-corrected chi connectivity index (χ0v) is 11.6. The van der Waals surface area contributed by atoms with Crippen LogP contribution in [-0.2, 0) is 5.88 Å². The third-order valence-corrected chi connectivity index (χ3v) is 3.18. The number of anilines is 1. The van der Waals surface area contributed by atoms with Gasteiger partial charge in [0.05, 0.1) is 10.7 Å². The third kappa shape index (κ3) is 3.05. The number of nitrogens with zero attached hydrogens (tertiary/aromatic N) is 1. The lowest BCUT2D eigenvalue weighted by atomic mass is 10.1. The zero-order valence-electron chi connectivity index (χ0n) is 10.1. The molecule has 0 radical (unpaired) electrons. The second-order valence-corrected chi connectivity index (χ2v) is 4.84. The Hall–Kier alpha value is -0.400. The molecule has 1 aromatic carbocycles. The molecule has 1 aromatic rings. The average Bonchev–Trinajstić information content (AvgIpc) is 2.26. The lowest BCUT2D eigenvalue weighted by Gasteiger charge is -2.31. The summed E-state index contributed by atoms with van der Waals surface area (Å²) in [6, 6.07) is 6.35. The van der Waals surface area contributed by atoms with Crippen molar-refractivity contribution in [2.75, 3.05) is 11.4 Å². The molecule has 0 amide bonds. The first-order chi connectivity index (χ1) is 7.61. The van der Waals surface area contributed by atoms with Gasteiger partial charge in [-0.05, 0) is 31.9 Å². The molecule has 0 spiro atoms. The highest BCUT2D eigenvalue weighted by Crippen LogP contribution is 2.32. The summed E-state index contributed by atoms with van der Waals surface area (Å²) in [4.78, 5) is 2.32. The van der Waals surface area contributed by atoms with Crippen LogP contribution in [0.5, 0.6) is 0 Å². The summed E-state index contributed by atoms with van der Waals surface area (Å²) in [7, 11) is 0. The molecule has 16 heavy (non-hydrogen) atoms. The van der Waals surface area contributed by atoms with Crippen LogP contribution in [0.3, 0.4) is 0 Å². The van der Waals surface area contributed by atoms with Crippen LogP contribution in [0.1, 0.15) is 32.8 Å². The van der Waals surface area contributed by atoms with Gasteiger partial charge in [-0.25, -0.2) is 0 Å². The van der Waals surface area contributed by atoms with Crippen molar-refractivity contribution in [1.82, 2.24) is 0 Å². The van der Waals surface area contributed by atoms with Crippen LogP contribution in [-0.4, -0.2) is 12.6 Å². The first-order valence-electron chi connectivity index (χ1n) is 5.71. The molecule has 0 aliphatic heterocycles. The van der Waals surface area contributed by atoms with E-state index in [1.54, 1.807) is 0 Å². The molecular formula is C13H19Cl2N. The lowest BCUT2D eigenvalue weighted by molar-refractivity contribution is 0.669. The van der Waals surface area contributed by atoms with Crippen molar-refractivity contribution in [3.8, 4) is 0 Å². The van der Waals surface area contributed by atoms with Gasteiger partial charge in [-0.2, -0.15) is 0 Å². The van der Waals surface area contributed by atoms with Crippen molar-refractivity contribution < 1.29 is 0 Å². The predicted octanol–water partition coefficient (Wildman–Crippen LogP) is 4.70. The number of rotatable bonds is 5. The van der Waals surface area contributed by atoms with Crippen molar-refractivity contribution in [3.63, 3.8) is 0 Å². The molecule has 90 valence electrons. The summed E-state index contributed by atoms with van der Waals surface area (Å²) < 4.78 is 0. The van der Waals surface area contributed by atoms with Crippen LogP contribution in [0.25, 0.3) is 0 Å². The molecule has 3 heteroatoms. The van der Waals surface area contributed by atoms with Gasteiger partial charge in [0.1, 0.15) is 0 Å². The summed E-state index contributed by atoms with van der Waals surface area (Å²) in [6.07, 6.45) is 1.10. The van der Waals surface area contributed by atoms with Gasteiger partial charge >= 0.3 is 0 Å². The van der Waals surface area contributed by atoms with E-state index < -0.39 is 0 Å². The Kier molecular flexibility index (Phi) is 5.43. The zero-order chi connectivity index (χ0) is 12.1. The Labute approximate surface area is 108 Å². The number of hydrogen-bond acceptors (Lipinski definition) is 1. The van der Waals surface area contributed by atoms with Gasteiger partial charge in [0.25, 0.3) is 0 Å². The van der Waals surface area contributed by atoms with E-state index in [1.165, 1.54) is 0 Å². The summed E-state index contributed by atoms with van der Waals surface area (Å²) >= 11 is 12.3. The Morgan fingerprint density at radius 2 is 2.00 bits per heavy atom. The van der Waals surface area contributed by atoms with E-state index in [9.17, 15) is 0 Å². The number of hydrogen-bond donors (Lipinski definition) is 0. The SMILES string of the molecule is CCCN(c1c(Cl)cccc1CCl)C(C)C. The van der Waals surface area contributed by atoms with Gasteiger partial charge in [0, 0.05) is 18.5 Å². The van der Waals surface area contributed by atoms with E-state index in [0.29, 0.717) is 11.9 Å². The van der Waals surface area contributed by atoms with E-state index in [-0.39, 0.29) is 0 Å². The van der Waals surface area contributed by atoms with Gasteiger partial charge in [0.2, 0.25) is 0 Å². The second kappa shape index (κ2) is 6.36. The summed E-state index contributed by atoms with van der Waals surface area (Å²) in [6.45, 7) is 7.53. The highest BCUT2D eigenvalue weighted by atomic mass is 35.5. The fourth-order valence-corrected chi connectivity index (χ4v) is 2.38. The standard InChI is InChI=1S/C13H19Cl2N/c1-4-8-16(10(2)3)13-11(9-14)6-5-7-12(13)15/h5-7,10H,4,8-9H2,1-3H3. The normalized spacial score (nSPS) is 10.9. The van der Waals surface area contributed by atoms with E-state index in [2.05, 4.69) is 25.7 Å². The smallest absolute Gasteiger partial charge is 0.0642 e. The number of halogens is 2. The molecule has 0 heterocycles. The summed E-state index contributed by atoms with van der Waals surface area (Å²) in [5.41, 5.74) is 2.20. The molecule has 0 fully saturated rings. The monoisotopic (exact) mass is 259 g/mol. The average molecular weight is 260 g/mol. The minimum atomic E-state index is 0.432. The first-order valence-corrected chi connectivity index (χ1v) is 6.63. The van der Waals surface area contributed by atoms with E-state index in [0.717, 1.165) is 29.2 Å². The van der Waals surface area contributed by atoms with E-state index in [1.807, 2.05) is 18.2 Å². The molecule has 0 aliphatic carbocycles. The summed E-state index contributed by atoms with van der Waals surface area (Å²) in [5.74, 6) is 0.503.